The summed E-state index contributed by atoms with van der Waals surface area (Å²) in [6, 6.07) is 43.6. The molecular formula is C37H26N2S. The first kappa shape index (κ1) is 23.2. The maximum atomic E-state index is 5.40. The molecule has 2 aliphatic rings. The van der Waals surface area contributed by atoms with Crippen LogP contribution in [-0.4, -0.2) is 5.71 Å². The van der Waals surface area contributed by atoms with Gasteiger partial charge in [-0.2, -0.15) is 0 Å². The number of allylic oxidation sites excluding steroid dienone is 3. The summed E-state index contributed by atoms with van der Waals surface area (Å²) in [6.07, 6.45) is 5.18. The van der Waals surface area contributed by atoms with Crippen LogP contribution in [0.2, 0.25) is 0 Å². The number of benzene rings is 5. The highest BCUT2D eigenvalue weighted by atomic mass is 32.1. The molecule has 5 aromatic carbocycles. The van der Waals surface area contributed by atoms with E-state index in [-0.39, 0.29) is 6.17 Å². The first-order valence-corrected chi connectivity index (χ1v) is 14.5. The number of nitrogens with one attached hydrogen (secondary N) is 1. The van der Waals surface area contributed by atoms with Crippen LogP contribution >= 0.6 is 11.3 Å². The van der Waals surface area contributed by atoms with Gasteiger partial charge in [0.05, 0.1) is 5.71 Å². The number of nitrogens with zero attached hydrogens (tertiary/aromatic N) is 1. The zero-order valence-corrected chi connectivity index (χ0v) is 22.7. The molecule has 0 fully saturated rings. The predicted molar refractivity (Wildman–Crippen MR) is 170 cm³/mol. The maximum Gasteiger partial charge on any atom is 0.146 e. The van der Waals surface area contributed by atoms with Gasteiger partial charge in [0.15, 0.2) is 0 Å². The van der Waals surface area contributed by atoms with E-state index < -0.39 is 0 Å². The number of hydrogen-bond donors (Lipinski definition) is 1. The number of rotatable bonds is 4. The lowest BCUT2D eigenvalue weighted by Gasteiger charge is -2.26. The van der Waals surface area contributed by atoms with E-state index in [4.69, 9.17) is 4.99 Å². The van der Waals surface area contributed by atoms with Gasteiger partial charge in [-0.1, -0.05) is 109 Å². The van der Waals surface area contributed by atoms with Crippen LogP contribution in [0.3, 0.4) is 0 Å². The molecule has 0 saturated heterocycles. The van der Waals surface area contributed by atoms with Crippen molar-refractivity contribution in [3.8, 4) is 22.3 Å². The van der Waals surface area contributed by atoms with Gasteiger partial charge >= 0.3 is 0 Å². The maximum absolute atomic E-state index is 5.40. The van der Waals surface area contributed by atoms with Crippen molar-refractivity contribution in [3.05, 3.63) is 156 Å². The molecule has 1 unspecified atom stereocenters. The SMILES string of the molecule is C1=CC2=C(C1)C(c1ccccc1)=NC(c1cc(-c3ccc(-c4ccccc4)cc3)cc3sc4ccccc4c13)N2. The fraction of sp³-hybridized carbons (Fsp3) is 0.0541. The average Bonchev–Trinajstić information content (AvgIpc) is 3.66. The molecular weight excluding hydrogens is 504 g/mol. The zero-order chi connectivity index (χ0) is 26.5. The van der Waals surface area contributed by atoms with E-state index in [1.807, 2.05) is 11.3 Å². The molecule has 1 aliphatic heterocycles. The molecule has 3 heteroatoms. The van der Waals surface area contributed by atoms with Crippen LogP contribution in [0, 0.1) is 0 Å². The van der Waals surface area contributed by atoms with Gasteiger partial charge in [0.25, 0.3) is 0 Å². The van der Waals surface area contributed by atoms with Crippen molar-refractivity contribution in [2.75, 3.05) is 0 Å². The Morgan fingerprint density at radius 1 is 0.625 bits per heavy atom. The average molecular weight is 531 g/mol. The first-order chi connectivity index (χ1) is 19.8. The van der Waals surface area contributed by atoms with Crippen LogP contribution in [0.4, 0.5) is 0 Å². The molecule has 0 amide bonds. The highest BCUT2D eigenvalue weighted by Gasteiger charge is 2.28. The quantitative estimate of drug-likeness (QED) is 0.241. The Morgan fingerprint density at radius 3 is 2.05 bits per heavy atom. The number of thiophene rings is 1. The second kappa shape index (κ2) is 9.48. The lowest BCUT2D eigenvalue weighted by molar-refractivity contribution is 0.631. The molecule has 1 N–H and O–H groups in total. The zero-order valence-electron chi connectivity index (χ0n) is 21.8. The van der Waals surface area contributed by atoms with Crippen molar-refractivity contribution in [2.45, 2.75) is 12.6 Å². The van der Waals surface area contributed by atoms with Crippen LogP contribution in [-0.2, 0) is 0 Å². The molecule has 8 rings (SSSR count). The summed E-state index contributed by atoms with van der Waals surface area (Å²) in [5.41, 5.74) is 10.8. The van der Waals surface area contributed by atoms with Crippen LogP contribution in [0.25, 0.3) is 42.4 Å². The van der Waals surface area contributed by atoms with Crippen molar-refractivity contribution >= 4 is 37.2 Å². The molecule has 40 heavy (non-hydrogen) atoms. The monoisotopic (exact) mass is 530 g/mol. The van der Waals surface area contributed by atoms with Crippen molar-refractivity contribution < 1.29 is 0 Å². The largest absolute Gasteiger partial charge is 0.360 e. The highest BCUT2D eigenvalue weighted by Crippen LogP contribution is 2.43. The minimum Gasteiger partial charge on any atom is -0.360 e. The summed E-state index contributed by atoms with van der Waals surface area (Å²) in [5, 5.41) is 6.39. The van der Waals surface area contributed by atoms with Gasteiger partial charge in [-0.25, -0.2) is 0 Å². The molecule has 0 radical (unpaired) electrons. The van der Waals surface area contributed by atoms with E-state index in [9.17, 15) is 0 Å². The third-order valence-electron chi connectivity index (χ3n) is 7.94. The van der Waals surface area contributed by atoms with E-state index in [0.29, 0.717) is 0 Å². The molecule has 190 valence electrons. The van der Waals surface area contributed by atoms with Crippen molar-refractivity contribution in [1.82, 2.24) is 5.32 Å². The summed E-state index contributed by atoms with van der Waals surface area (Å²) < 4.78 is 2.60. The van der Waals surface area contributed by atoms with Crippen LogP contribution < -0.4 is 5.32 Å². The minimum atomic E-state index is -0.180. The van der Waals surface area contributed by atoms with Gasteiger partial charge in [0.2, 0.25) is 0 Å². The molecule has 6 aromatic rings. The molecule has 2 nitrogen and oxygen atoms in total. The van der Waals surface area contributed by atoms with Crippen molar-refractivity contribution in [2.24, 2.45) is 4.99 Å². The Bertz CT molecular complexity index is 1980. The summed E-state index contributed by atoms with van der Waals surface area (Å²) in [4.78, 5) is 5.40. The fourth-order valence-corrected chi connectivity index (χ4v) is 7.18. The van der Waals surface area contributed by atoms with Crippen molar-refractivity contribution in [1.29, 1.82) is 0 Å². The molecule has 1 aliphatic carbocycles. The van der Waals surface area contributed by atoms with E-state index >= 15 is 0 Å². The lowest BCUT2D eigenvalue weighted by atomic mass is 9.94. The Morgan fingerprint density at radius 2 is 1.27 bits per heavy atom. The number of aliphatic imine (C=N–C) groups is 1. The molecule has 2 heterocycles. The van der Waals surface area contributed by atoms with Gasteiger partial charge in [-0.3, -0.25) is 4.99 Å². The van der Waals surface area contributed by atoms with E-state index in [1.54, 1.807) is 0 Å². The molecule has 0 spiro atoms. The van der Waals surface area contributed by atoms with Gasteiger partial charge in [-0.15, -0.1) is 11.3 Å². The Kier molecular flexibility index (Phi) is 5.49. The minimum absolute atomic E-state index is 0.180. The second-order valence-electron chi connectivity index (χ2n) is 10.4. The van der Waals surface area contributed by atoms with Gasteiger partial charge in [0, 0.05) is 42.6 Å². The third-order valence-corrected chi connectivity index (χ3v) is 9.06. The molecule has 0 saturated carbocycles. The fourth-order valence-electron chi connectivity index (χ4n) is 6.00. The van der Waals surface area contributed by atoms with Gasteiger partial charge < -0.3 is 5.32 Å². The Balaban J connectivity index is 1.31. The first-order valence-electron chi connectivity index (χ1n) is 13.7. The summed E-state index contributed by atoms with van der Waals surface area (Å²) in [5.74, 6) is 0. The summed E-state index contributed by atoms with van der Waals surface area (Å²) in [6.45, 7) is 0. The summed E-state index contributed by atoms with van der Waals surface area (Å²) >= 11 is 1.86. The summed E-state index contributed by atoms with van der Waals surface area (Å²) in [7, 11) is 0. The normalized spacial score (nSPS) is 16.3. The van der Waals surface area contributed by atoms with E-state index in [1.165, 1.54) is 64.8 Å². The highest BCUT2D eigenvalue weighted by molar-refractivity contribution is 7.25. The number of fused-ring (bicyclic) bond motifs is 3. The molecule has 1 atom stereocenters. The number of hydrogen-bond acceptors (Lipinski definition) is 3. The van der Waals surface area contributed by atoms with Gasteiger partial charge in [-0.05, 0) is 52.9 Å². The standard InChI is InChI=1S/C37H26N2S/c1-3-10-24(11-4-1)25-18-20-26(21-19-25)28-22-31(35-30-14-7-8-17-33(30)40-34(35)23-28)37-38-32-16-9-15-29(32)36(39-37)27-12-5-2-6-13-27/h1-14,16-23,37-38H,15H2. The van der Waals surface area contributed by atoms with Crippen LogP contribution in [0.15, 0.2) is 150 Å². The Labute approximate surface area is 237 Å². The van der Waals surface area contributed by atoms with Crippen LogP contribution in [0.5, 0.6) is 0 Å². The van der Waals surface area contributed by atoms with E-state index in [0.717, 1.165) is 12.1 Å². The topological polar surface area (TPSA) is 24.4 Å². The Hall–Kier alpha value is -4.73. The smallest absolute Gasteiger partial charge is 0.146 e. The lowest BCUT2D eigenvalue weighted by Crippen LogP contribution is -2.27. The predicted octanol–water partition coefficient (Wildman–Crippen LogP) is 9.69. The van der Waals surface area contributed by atoms with E-state index in [2.05, 4.69) is 139 Å². The molecule has 1 aromatic heterocycles. The third kappa shape index (κ3) is 3.90. The van der Waals surface area contributed by atoms with Gasteiger partial charge in [0.1, 0.15) is 6.17 Å². The second-order valence-corrected chi connectivity index (χ2v) is 11.5. The van der Waals surface area contributed by atoms with Crippen molar-refractivity contribution in [3.63, 3.8) is 0 Å². The molecule has 0 bridgehead atoms. The van der Waals surface area contributed by atoms with Crippen LogP contribution in [0.1, 0.15) is 23.7 Å².